The van der Waals surface area contributed by atoms with Gasteiger partial charge >= 0.3 is 0 Å². The topological polar surface area (TPSA) is 125 Å². The lowest BCUT2D eigenvalue weighted by molar-refractivity contribution is -0.119. The van der Waals surface area contributed by atoms with Crippen LogP contribution in [0.15, 0.2) is 53.6 Å². The molecule has 1 aliphatic heterocycles. The van der Waals surface area contributed by atoms with Crippen LogP contribution in [0.4, 0.5) is 5.69 Å². The molecule has 2 aromatic carbocycles. The molecule has 1 aromatic heterocycles. The van der Waals surface area contributed by atoms with Crippen LogP contribution in [-0.2, 0) is 26.5 Å². The Morgan fingerprint density at radius 1 is 1.05 bits per heavy atom. The summed E-state index contributed by atoms with van der Waals surface area (Å²) in [5.74, 6) is 0.00986. The summed E-state index contributed by atoms with van der Waals surface area (Å²) >= 11 is 0. The first-order chi connectivity index (χ1) is 17.6. The van der Waals surface area contributed by atoms with Crippen molar-refractivity contribution in [3.05, 3.63) is 65.4 Å². The molecule has 10 heteroatoms. The molecule has 0 bridgehead atoms. The zero-order valence-corrected chi connectivity index (χ0v) is 21.8. The molecule has 2 heterocycles. The van der Waals surface area contributed by atoms with Crippen LogP contribution in [0, 0.1) is 0 Å². The van der Waals surface area contributed by atoms with Crippen molar-refractivity contribution in [2.75, 3.05) is 24.8 Å². The van der Waals surface area contributed by atoms with Gasteiger partial charge in [-0.1, -0.05) is 25.0 Å². The summed E-state index contributed by atoms with van der Waals surface area (Å²) in [7, 11) is -2.09. The molecule has 1 fully saturated rings. The van der Waals surface area contributed by atoms with Crippen LogP contribution < -0.4 is 15.4 Å². The Morgan fingerprint density at radius 3 is 2.24 bits per heavy atom. The van der Waals surface area contributed by atoms with Gasteiger partial charge in [0.2, 0.25) is 5.91 Å². The van der Waals surface area contributed by atoms with Gasteiger partial charge in [-0.05, 0) is 61.2 Å². The monoisotopic (exact) mass is 522 g/mol. The van der Waals surface area contributed by atoms with Gasteiger partial charge in [-0.25, -0.2) is 13.1 Å². The molecule has 0 radical (unpaired) electrons. The number of sulfone groups is 1. The molecule has 2 aliphatic rings. The maximum atomic E-state index is 13.8. The molecule has 0 spiro atoms. The van der Waals surface area contributed by atoms with Gasteiger partial charge in [0, 0.05) is 35.9 Å². The number of anilines is 1. The van der Waals surface area contributed by atoms with Gasteiger partial charge in [0.25, 0.3) is 5.91 Å². The van der Waals surface area contributed by atoms with Crippen LogP contribution in [-0.4, -0.2) is 49.9 Å². The number of carbonyl (C=O) groups is 2. The molecule has 0 atom stereocenters. The molecule has 2 N–H and O–H groups in total. The molecule has 1 saturated carbocycles. The Bertz CT molecular complexity index is 1450. The van der Waals surface area contributed by atoms with Crippen LogP contribution in [0.1, 0.15) is 53.7 Å². The molecular formula is C27H30N4O5S. The van der Waals surface area contributed by atoms with Gasteiger partial charge in [-0.3, -0.25) is 9.59 Å². The summed E-state index contributed by atoms with van der Waals surface area (Å²) in [5.41, 5.74) is 8.31. The van der Waals surface area contributed by atoms with E-state index in [-0.39, 0.29) is 27.9 Å². The first kappa shape index (κ1) is 25.0. The number of benzene rings is 2. The minimum Gasteiger partial charge on any atom is -0.497 e. The average Bonchev–Trinajstić information content (AvgIpc) is 3.50. The fraction of sp³-hybridized carbons (Fsp3) is 0.370. The number of nitrogens with two attached hydrogens (primary N) is 1. The van der Waals surface area contributed by atoms with Crippen molar-refractivity contribution in [1.82, 2.24) is 9.78 Å². The number of aromatic nitrogens is 2. The number of primary amides is 1. The largest absolute Gasteiger partial charge is 0.497 e. The summed E-state index contributed by atoms with van der Waals surface area (Å²) in [4.78, 5) is 27.2. The molecule has 2 amide bonds. The van der Waals surface area contributed by atoms with Crippen LogP contribution >= 0.6 is 0 Å². The zero-order chi connectivity index (χ0) is 26.4. The van der Waals surface area contributed by atoms with Gasteiger partial charge < -0.3 is 15.4 Å². The Hall–Kier alpha value is -3.66. The van der Waals surface area contributed by atoms with E-state index in [0.717, 1.165) is 37.5 Å². The smallest absolute Gasteiger partial charge is 0.277 e. The molecule has 3 aromatic rings. The van der Waals surface area contributed by atoms with Crippen molar-refractivity contribution in [1.29, 1.82) is 0 Å². The van der Waals surface area contributed by atoms with Crippen molar-refractivity contribution in [3.8, 4) is 11.4 Å². The van der Waals surface area contributed by atoms with Gasteiger partial charge in [0.1, 0.15) is 11.4 Å². The first-order valence-corrected chi connectivity index (χ1v) is 14.2. The molecular weight excluding hydrogens is 492 g/mol. The minimum atomic E-state index is -3.65. The highest BCUT2D eigenvalue weighted by Gasteiger charge is 2.38. The van der Waals surface area contributed by atoms with Crippen molar-refractivity contribution in [3.63, 3.8) is 0 Å². The van der Waals surface area contributed by atoms with E-state index in [0.29, 0.717) is 42.1 Å². The van der Waals surface area contributed by atoms with E-state index < -0.39 is 9.84 Å². The molecule has 0 saturated heterocycles. The number of rotatable bonds is 7. The maximum absolute atomic E-state index is 13.8. The van der Waals surface area contributed by atoms with Gasteiger partial charge in [0.05, 0.1) is 12.8 Å². The van der Waals surface area contributed by atoms with Crippen LogP contribution in [0.2, 0.25) is 0 Å². The second-order valence-corrected chi connectivity index (χ2v) is 11.8. The van der Waals surface area contributed by atoms with E-state index in [9.17, 15) is 18.0 Å². The van der Waals surface area contributed by atoms with E-state index >= 15 is 0 Å². The summed E-state index contributed by atoms with van der Waals surface area (Å²) < 4.78 is 31.7. The zero-order valence-electron chi connectivity index (χ0n) is 20.9. The molecule has 37 heavy (non-hydrogen) atoms. The van der Waals surface area contributed by atoms with E-state index in [1.165, 1.54) is 4.68 Å². The van der Waals surface area contributed by atoms with Crippen molar-refractivity contribution < 1.29 is 22.7 Å². The molecule has 1 aliphatic carbocycles. The second-order valence-electron chi connectivity index (χ2n) is 9.90. The standard InChI is InChI=1S/C27H30N4O5S/c1-36-21-11-9-20(10-12-21)31-24-22(25(29-31)37(2,34)35)13-16-30(26(24)33)19-7-5-18(6-8-19)27(17-23(28)32)14-3-4-15-27/h5-12H,3-4,13-17H2,1-2H3,(H2,28,32). The quantitative estimate of drug-likeness (QED) is 0.508. The number of hydrogen-bond donors (Lipinski definition) is 1. The van der Waals surface area contributed by atoms with Crippen LogP contribution in [0.3, 0.4) is 0 Å². The van der Waals surface area contributed by atoms with Crippen molar-refractivity contribution in [2.24, 2.45) is 5.73 Å². The van der Waals surface area contributed by atoms with Gasteiger partial charge in [0.15, 0.2) is 14.9 Å². The van der Waals surface area contributed by atoms with Crippen molar-refractivity contribution >= 4 is 27.3 Å². The fourth-order valence-electron chi connectivity index (χ4n) is 5.73. The number of ether oxygens (including phenoxy) is 1. The van der Waals surface area contributed by atoms with Gasteiger partial charge in [-0.2, -0.15) is 5.10 Å². The van der Waals surface area contributed by atoms with E-state index in [1.807, 2.05) is 24.3 Å². The van der Waals surface area contributed by atoms with E-state index in [1.54, 1.807) is 36.3 Å². The predicted octanol–water partition coefficient (Wildman–Crippen LogP) is 3.17. The van der Waals surface area contributed by atoms with Crippen LogP contribution in [0.25, 0.3) is 5.69 Å². The number of amides is 2. The lowest BCUT2D eigenvalue weighted by Crippen LogP contribution is -2.39. The number of nitrogens with zero attached hydrogens (tertiary/aromatic N) is 3. The number of hydrogen-bond acceptors (Lipinski definition) is 6. The number of methoxy groups -OCH3 is 1. The third kappa shape index (κ3) is 4.50. The Balaban J connectivity index is 1.52. The Kier molecular flexibility index (Phi) is 6.31. The van der Waals surface area contributed by atoms with Crippen LogP contribution in [0.5, 0.6) is 5.75 Å². The lowest BCUT2D eigenvalue weighted by atomic mass is 9.76. The average molecular weight is 523 g/mol. The molecule has 9 nitrogen and oxygen atoms in total. The Labute approximate surface area is 216 Å². The maximum Gasteiger partial charge on any atom is 0.277 e. The third-order valence-electron chi connectivity index (χ3n) is 7.51. The van der Waals surface area contributed by atoms with E-state index in [2.05, 4.69) is 5.10 Å². The number of carbonyl (C=O) groups excluding carboxylic acids is 2. The van der Waals surface area contributed by atoms with Gasteiger partial charge in [-0.15, -0.1) is 0 Å². The molecule has 0 unspecified atom stereocenters. The van der Waals surface area contributed by atoms with Crippen molar-refractivity contribution in [2.45, 2.75) is 49.0 Å². The minimum absolute atomic E-state index is 0.0729. The summed E-state index contributed by atoms with van der Waals surface area (Å²) in [6.07, 6.45) is 5.71. The summed E-state index contributed by atoms with van der Waals surface area (Å²) in [5, 5.41) is 4.29. The first-order valence-electron chi connectivity index (χ1n) is 12.3. The highest BCUT2D eigenvalue weighted by atomic mass is 32.2. The second kappa shape index (κ2) is 9.33. The Morgan fingerprint density at radius 2 is 1.68 bits per heavy atom. The highest BCUT2D eigenvalue weighted by Crippen LogP contribution is 2.44. The molecule has 194 valence electrons. The highest BCUT2D eigenvalue weighted by molar-refractivity contribution is 7.90. The SMILES string of the molecule is COc1ccc(-n2nc(S(C)(=O)=O)c3c2C(=O)N(c2ccc(C4(CC(N)=O)CCCC4)cc2)CC3)cc1. The third-order valence-corrected chi connectivity index (χ3v) is 8.54. The summed E-state index contributed by atoms with van der Waals surface area (Å²) in [6, 6.07) is 14.7. The van der Waals surface area contributed by atoms with E-state index in [4.69, 9.17) is 10.5 Å². The molecule has 5 rings (SSSR count). The predicted molar refractivity (Wildman–Crippen MR) is 139 cm³/mol. The lowest BCUT2D eigenvalue weighted by Gasteiger charge is -2.31. The normalized spacial score (nSPS) is 17.0. The number of fused-ring (bicyclic) bond motifs is 1. The fourth-order valence-corrected chi connectivity index (χ4v) is 6.61. The summed E-state index contributed by atoms with van der Waals surface area (Å²) in [6.45, 7) is 0.328.